The minimum absolute atomic E-state index is 0.879. The molecule has 0 aliphatic carbocycles. The van der Waals surface area contributed by atoms with Crippen LogP contribution in [0.5, 0.6) is 0 Å². The molecule has 0 fully saturated rings. The fraction of sp³-hybridized carbons (Fsp3) is 0.250. The molecular weight excluding hydrogens is 352 g/mol. The molecule has 2 heteroatoms. The van der Waals surface area contributed by atoms with Crippen molar-refractivity contribution in [2.24, 2.45) is 0 Å². The van der Waals surface area contributed by atoms with E-state index in [0.717, 1.165) is 17.9 Å². The fourth-order valence-electron chi connectivity index (χ4n) is 3.62. The van der Waals surface area contributed by atoms with Gasteiger partial charge in [0, 0.05) is 5.02 Å². The van der Waals surface area contributed by atoms with E-state index >= 15 is 0 Å². The summed E-state index contributed by atoms with van der Waals surface area (Å²) in [6.45, 7) is 8.93. The summed E-state index contributed by atoms with van der Waals surface area (Å²) < 4.78 is 0. The first-order valence-electron chi connectivity index (χ1n) is 9.36. The first-order valence-corrected chi connectivity index (χ1v) is 11.2. The van der Waals surface area contributed by atoms with E-state index in [0.29, 0.717) is 0 Å². The Morgan fingerprint density at radius 1 is 0.769 bits per heavy atom. The second-order valence-electron chi connectivity index (χ2n) is 6.87. The van der Waals surface area contributed by atoms with Crippen molar-refractivity contribution in [3.8, 4) is 0 Å². The van der Waals surface area contributed by atoms with Crippen LogP contribution in [0.25, 0.3) is 0 Å². The fourth-order valence-corrected chi connectivity index (χ4v) is 7.11. The molecule has 0 heterocycles. The molecule has 1 radical (unpaired) electrons. The smallest absolute Gasteiger partial charge is 0.0845 e. The van der Waals surface area contributed by atoms with E-state index in [1.165, 1.54) is 37.8 Å². The molecule has 0 nitrogen and oxygen atoms in total. The van der Waals surface area contributed by atoms with Gasteiger partial charge in [0.1, 0.15) is 0 Å². The van der Waals surface area contributed by atoms with E-state index in [9.17, 15) is 0 Å². The monoisotopic (exact) mass is 377 g/mol. The maximum atomic E-state index is 6.70. The Bertz CT molecular complexity index is 871. The van der Waals surface area contributed by atoms with Crippen LogP contribution in [0, 0.1) is 13.8 Å². The molecule has 133 valence electrons. The van der Waals surface area contributed by atoms with Crippen molar-refractivity contribution in [2.45, 2.75) is 40.5 Å². The summed E-state index contributed by atoms with van der Waals surface area (Å²) in [5.74, 6) is 0. The Hall–Kier alpha value is -1.83. The summed E-state index contributed by atoms with van der Waals surface area (Å²) in [6, 6.07) is 22.2. The zero-order valence-electron chi connectivity index (χ0n) is 16.1. The Labute approximate surface area is 164 Å². The molecule has 0 amide bonds. The number of benzene rings is 3. The summed E-state index contributed by atoms with van der Waals surface area (Å²) in [4.78, 5) is 0. The number of aryl methyl sites for hydroxylation is 4. The normalized spacial score (nSPS) is 11.2. The van der Waals surface area contributed by atoms with E-state index in [-0.39, 0.29) is 0 Å². The third-order valence-corrected chi connectivity index (χ3v) is 8.65. The van der Waals surface area contributed by atoms with Gasteiger partial charge in [-0.05, 0) is 59.4 Å². The topological polar surface area (TPSA) is 0 Å². The Morgan fingerprint density at radius 3 is 1.88 bits per heavy atom. The molecule has 3 rings (SSSR count). The number of hydrogen-bond acceptors (Lipinski definition) is 0. The first kappa shape index (κ1) is 18.9. The second-order valence-corrected chi connectivity index (χ2v) is 9.64. The molecule has 0 spiro atoms. The molecule has 3 aromatic carbocycles. The molecule has 0 N–H and O–H groups in total. The van der Waals surface area contributed by atoms with Gasteiger partial charge in [0.15, 0.2) is 8.80 Å². The SMILES string of the molecule is CCc1cc(CC)cc([Si](c2ccccc2Cl)c2c(C)cccc2C)c1. The van der Waals surface area contributed by atoms with Crippen molar-refractivity contribution in [1.29, 1.82) is 0 Å². The quantitative estimate of drug-likeness (QED) is 0.450. The molecule has 0 unspecified atom stereocenters. The Kier molecular flexibility index (Phi) is 6.00. The molecule has 0 saturated heterocycles. The molecule has 0 atom stereocenters. The highest BCUT2D eigenvalue weighted by atomic mass is 35.5. The van der Waals surface area contributed by atoms with Crippen LogP contribution in [-0.4, -0.2) is 8.80 Å². The molecule has 0 aliphatic heterocycles. The van der Waals surface area contributed by atoms with Crippen molar-refractivity contribution in [3.63, 3.8) is 0 Å². The minimum Gasteiger partial charge on any atom is -0.0845 e. The summed E-state index contributed by atoms with van der Waals surface area (Å²) in [5, 5.41) is 5.08. The van der Waals surface area contributed by atoms with Crippen LogP contribution in [0.3, 0.4) is 0 Å². The van der Waals surface area contributed by atoms with Gasteiger partial charge < -0.3 is 0 Å². The third-order valence-electron chi connectivity index (χ3n) is 5.03. The molecule has 0 aliphatic rings. The maximum Gasteiger partial charge on any atom is 0.157 e. The Morgan fingerprint density at radius 2 is 1.35 bits per heavy atom. The van der Waals surface area contributed by atoms with Crippen LogP contribution in [-0.2, 0) is 12.8 Å². The van der Waals surface area contributed by atoms with Crippen LogP contribution < -0.4 is 15.6 Å². The highest BCUT2D eigenvalue weighted by Gasteiger charge is 2.25. The summed E-state index contributed by atoms with van der Waals surface area (Å²) in [6.07, 6.45) is 2.12. The molecule has 0 saturated carbocycles. The van der Waals surface area contributed by atoms with Crippen molar-refractivity contribution >= 4 is 36.0 Å². The van der Waals surface area contributed by atoms with Crippen LogP contribution >= 0.6 is 11.6 Å². The number of halogens is 1. The van der Waals surface area contributed by atoms with Crippen LogP contribution in [0.1, 0.15) is 36.1 Å². The molecule has 26 heavy (non-hydrogen) atoms. The zero-order chi connectivity index (χ0) is 18.7. The summed E-state index contributed by atoms with van der Waals surface area (Å²) in [5.41, 5.74) is 5.55. The lowest BCUT2D eigenvalue weighted by atomic mass is 10.1. The van der Waals surface area contributed by atoms with Crippen molar-refractivity contribution in [1.82, 2.24) is 0 Å². The highest BCUT2D eigenvalue weighted by Crippen LogP contribution is 2.12. The molecule has 0 bridgehead atoms. The Balaban J connectivity index is 2.31. The average Bonchev–Trinajstić information content (AvgIpc) is 2.65. The van der Waals surface area contributed by atoms with Crippen LogP contribution in [0.2, 0.25) is 5.02 Å². The minimum atomic E-state index is -1.16. The molecular formula is C24H26ClSi. The number of rotatable bonds is 5. The van der Waals surface area contributed by atoms with Gasteiger partial charge in [-0.25, -0.2) is 0 Å². The summed E-state index contributed by atoms with van der Waals surface area (Å²) in [7, 11) is -1.16. The lowest BCUT2D eigenvalue weighted by molar-refractivity contribution is 1.09. The number of hydrogen-bond donors (Lipinski definition) is 0. The van der Waals surface area contributed by atoms with Crippen molar-refractivity contribution in [3.05, 3.63) is 87.9 Å². The van der Waals surface area contributed by atoms with Crippen molar-refractivity contribution in [2.75, 3.05) is 0 Å². The van der Waals surface area contributed by atoms with Crippen molar-refractivity contribution < 1.29 is 0 Å². The standard InChI is InChI=1S/C24H26ClSi/c1-5-19-14-20(6-2)16-21(15-19)26(23-13-8-7-12-22(23)25)24-17(3)10-9-11-18(24)4/h7-16H,5-6H2,1-4H3. The van der Waals surface area contributed by atoms with E-state index in [4.69, 9.17) is 11.6 Å². The largest absolute Gasteiger partial charge is 0.157 e. The van der Waals surface area contributed by atoms with Crippen LogP contribution in [0.15, 0.2) is 60.7 Å². The van der Waals surface area contributed by atoms with Gasteiger partial charge in [0.25, 0.3) is 0 Å². The van der Waals surface area contributed by atoms with Crippen LogP contribution in [0.4, 0.5) is 0 Å². The van der Waals surface area contributed by atoms with Gasteiger partial charge in [-0.1, -0.05) is 91.2 Å². The molecule has 3 aromatic rings. The predicted octanol–water partition coefficient (Wildman–Crippen LogP) is 4.60. The van der Waals surface area contributed by atoms with Gasteiger partial charge >= 0.3 is 0 Å². The van der Waals surface area contributed by atoms with Gasteiger partial charge in [0.05, 0.1) is 0 Å². The second kappa shape index (κ2) is 8.24. The summed E-state index contributed by atoms with van der Waals surface area (Å²) >= 11 is 6.70. The lowest BCUT2D eigenvalue weighted by Gasteiger charge is -2.23. The molecule has 0 aromatic heterocycles. The zero-order valence-corrected chi connectivity index (χ0v) is 17.8. The van der Waals surface area contributed by atoms with Gasteiger partial charge in [-0.3, -0.25) is 0 Å². The lowest BCUT2D eigenvalue weighted by Crippen LogP contribution is -2.54. The highest BCUT2D eigenvalue weighted by molar-refractivity contribution is 6.97. The van der Waals surface area contributed by atoms with Gasteiger partial charge in [-0.15, -0.1) is 0 Å². The van der Waals surface area contributed by atoms with Gasteiger partial charge in [0.2, 0.25) is 0 Å². The predicted molar refractivity (Wildman–Crippen MR) is 117 cm³/mol. The van der Waals surface area contributed by atoms with E-state index < -0.39 is 8.80 Å². The van der Waals surface area contributed by atoms with E-state index in [1.54, 1.807) is 0 Å². The maximum absolute atomic E-state index is 6.70. The average molecular weight is 378 g/mol. The third kappa shape index (κ3) is 3.79. The van der Waals surface area contributed by atoms with E-state index in [1.807, 2.05) is 12.1 Å². The van der Waals surface area contributed by atoms with E-state index in [2.05, 4.69) is 76.2 Å². The van der Waals surface area contributed by atoms with Gasteiger partial charge in [-0.2, -0.15) is 0 Å². The first-order chi connectivity index (χ1) is 12.5.